The van der Waals surface area contributed by atoms with Crippen molar-refractivity contribution in [1.29, 1.82) is 0 Å². The summed E-state index contributed by atoms with van der Waals surface area (Å²) in [6.45, 7) is 6.98. The van der Waals surface area contributed by atoms with Gasteiger partial charge in [-0.25, -0.2) is 4.98 Å². The van der Waals surface area contributed by atoms with Gasteiger partial charge in [-0.2, -0.15) is 0 Å². The third kappa shape index (κ3) is 5.20. The molecule has 0 aliphatic rings. The van der Waals surface area contributed by atoms with E-state index < -0.39 is 0 Å². The summed E-state index contributed by atoms with van der Waals surface area (Å²) in [7, 11) is 1.62. The van der Waals surface area contributed by atoms with Crippen LogP contribution in [0.15, 0.2) is 40.3 Å². The maximum Gasteiger partial charge on any atom is 0.278 e. The summed E-state index contributed by atoms with van der Waals surface area (Å²) < 4.78 is 6.79. The minimum Gasteiger partial charge on any atom is -0.497 e. The Morgan fingerprint density at radius 2 is 2.03 bits per heavy atom. The summed E-state index contributed by atoms with van der Waals surface area (Å²) in [4.78, 5) is 32.9. The van der Waals surface area contributed by atoms with Gasteiger partial charge < -0.3 is 15.0 Å². The van der Waals surface area contributed by atoms with Gasteiger partial charge in [0.2, 0.25) is 5.91 Å². The van der Waals surface area contributed by atoms with Gasteiger partial charge in [0, 0.05) is 18.8 Å². The number of nitrogens with zero attached hydrogens (tertiary/aromatic N) is 2. The number of hydrogen-bond donors (Lipinski definition) is 2. The molecule has 0 atom stereocenters. The quantitative estimate of drug-likeness (QED) is 0.437. The van der Waals surface area contributed by atoms with Crippen LogP contribution in [0, 0.1) is 12.8 Å². The topological polar surface area (TPSA) is 89.0 Å². The van der Waals surface area contributed by atoms with E-state index >= 15 is 0 Å². The number of rotatable bonds is 8. The van der Waals surface area contributed by atoms with Gasteiger partial charge in [0.15, 0.2) is 5.16 Å². The Balaban J connectivity index is 1.69. The highest BCUT2D eigenvalue weighted by molar-refractivity contribution is 7.99. The SMILES string of the molecule is COc1ccc(CNC(=O)CSc2nc3cc(C)[nH]c3c(=O)n2CC(C)C)cc1. The number of H-pyrrole nitrogens is 1. The van der Waals surface area contributed by atoms with Crippen molar-refractivity contribution >= 4 is 28.7 Å². The standard InChI is InChI=1S/C21H26N4O3S/c1-13(2)11-25-20(27)19-17(9-14(3)23-19)24-21(25)29-12-18(26)22-10-15-5-7-16(28-4)8-6-15/h5-9,13,23H,10-12H2,1-4H3,(H,22,26). The van der Waals surface area contributed by atoms with Gasteiger partial charge in [-0.05, 0) is 36.6 Å². The number of hydrogen-bond acceptors (Lipinski definition) is 5. The maximum atomic E-state index is 12.9. The van der Waals surface area contributed by atoms with E-state index in [2.05, 4.69) is 15.3 Å². The number of amides is 1. The molecule has 0 spiro atoms. The Morgan fingerprint density at radius 3 is 2.69 bits per heavy atom. The summed E-state index contributed by atoms with van der Waals surface area (Å²) in [5.74, 6) is 1.14. The van der Waals surface area contributed by atoms with Crippen LogP contribution < -0.4 is 15.6 Å². The highest BCUT2D eigenvalue weighted by Crippen LogP contribution is 2.19. The summed E-state index contributed by atoms with van der Waals surface area (Å²) in [5.41, 5.74) is 2.92. The van der Waals surface area contributed by atoms with Crippen LogP contribution in [0.5, 0.6) is 5.75 Å². The largest absolute Gasteiger partial charge is 0.497 e. The summed E-state index contributed by atoms with van der Waals surface area (Å²) in [6.07, 6.45) is 0. The molecule has 0 radical (unpaired) electrons. The van der Waals surface area contributed by atoms with Crippen molar-refractivity contribution in [3.8, 4) is 5.75 Å². The molecule has 2 N–H and O–H groups in total. The molecule has 154 valence electrons. The van der Waals surface area contributed by atoms with Gasteiger partial charge in [0.25, 0.3) is 5.56 Å². The molecule has 3 rings (SSSR count). The minimum atomic E-state index is -0.110. The molecule has 3 aromatic rings. The molecule has 0 fully saturated rings. The van der Waals surface area contributed by atoms with Gasteiger partial charge in [-0.15, -0.1) is 0 Å². The van der Waals surface area contributed by atoms with Crippen LogP contribution in [0.25, 0.3) is 11.0 Å². The monoisotopic (exact) mass is 414 g/mol. The molecule has 0 aliphatic carbocycles. The zero-order chi connectivity index (χ0) is 21.0. The number of nitrogens with one attached hydrogen (secondary N) is 2. The number of thioether (sulfide) groups is 1. The second-order valence-corrected chi connectivity index (χ2v) is 8.27. The highest BCUT2D eigenvalue weighted by Gasteiger charge is 2.15. The Hall–Kier alpha value is -2.74. The first-order valence-electron chi connectivity index (χ1n) is 9.50. The highest BCUT2D eigenvalue weighted by atomic mass is 32.2. The Kier molecular flexibility index (Phi) is 6.64. The van der Waals surface area contributed by atoms with Gasteiger partial charge in [-0.1, -0.05) is 37.7 Å². The number of methoxy groups -OCH3 is 1. The molecule has 0 saturated carbocycles. The molecule has 2 aromatic heterocycles. The third-order valence-corrected chi connectivity index (χ3v) is 5.34. The van der Waals surface area contributed by atoms with Crippen molar-refractivity contribution in [3.05, 3.63) is 51.9 Å². The zero-order valence-corrected chi connectivity index (χ0v) is 17.9. The first-order chi connectivity index (χ1) is 13.9. The molecule has 7 nitrogen and oxygen atoms in total. The molecular formula is C21H26N4O3S. The van der Waals surface area contributed by atoms with Crippen LogP contribution in [0.1, 0.15) is 25.1 Å². The molecule has 8 heteroatoms. The lowest BCUT2D eigenvalue weighted by molar-refractivity contribution is -0.118. The number of benzene rings is 1. The van der Waals surface area contributed by atoms with Gasteiger partial charge in [-0.3, -0.25) is 14.2 Å². The predicted molar refractivity (Wildman–Crippen MR) is 115 cm³/mol. The third-order valence-electron chi connectivity index (χ3n) is 4.37. The maximum absolute atomic E-state index is 12.9. The van der Waals surface area contributed by atoms with Crippen molar-refractivity contribution in [1.82, 2.24) is 19.9 Å². The number of carbonyl (C=O) groups excluding carboxylic acids is 1. The smallest absolute Gasteiger partial charge is 0.278 e. The lowest BCUT2D eigenvalue weighted by Gasteiger charge is -2.14. The van der Waals surface area contributed by atoms with Crippen molar-refractivity contribution in [3.63, 3.8) is 0 Å². The molecule has 0 unspecified atom stereocenters. The van der Waals surface area contributed by atoms with Gasteiger partial charge in [0.1, 0.15) is 11.3 Å². The number of carbonyl (C=O) groups is 1. The van der Waals surface area contributed by atoms with Crippen LogP contribution >= 0.6 is 11.8 Å². The van der Waals surface area contributed by atoms with Crippen LogP contribution in [0.4, 0.5) is 0 Å². The van der Waals surface area contributed by atoms with Crippen molar-refractivity contribution in [2.45, 2.75) is 39.0 Å². The lowest BCUT2D eigenvalue weighted by Crippen LogP contribution is -2.27. The van der Waals surface area contributed by atoms with Crippen LogP contribution in [0.2, 0.25) is 0 Å². The number of aryl methyl sites for hydroxylation is 1. The van der Waals surface area contributed by atoms with E-state index in [-0.39, 0.29) is 23.1 Å². The van der Waals surface area contributed by atoms with Crippen LogP contribution in [-0.4, -0.2) is 33.3 Å². The van der Waals surface area contributed by atoms with Gasteiger partial charge >= 0.3 is 0 Å². The second-order valence-electron chi connectivity index (χ2n) is 7.33. The summed E-state index contributed by atoms with van der Waals surface area (Å²) in [5, 5.41) is 3.47. The lowest BCUT2D eigenvalue weighted by atomic mass is 10.2. The molecule has 1 aromatic carbocycles. The molecule has 0 saturated heterocycles. The Bertz CT molecular complexity index is 1050. The van der Waals surface area contributed by atoms with Crippen molar-refractivity contribution in [2.75, 3.05) is 12.9 Å². The number of aromatic nitrogens is 3. The Labute approximate surface area is 173 Å². The first-order valence-corrected chi connectivity index (χ1v) is 10.5. The number of aromatic amines is 1. The van der Waals surface area contributed by atoms with E-state index in [1.807, 2.05) is 51.1 Å². The van der Waals surface area contributed by atoms with Crippen LogP contribution in [0.3, 0.4) is 0 Å². The Morgan fingerprint density at radius 1 is 1.31 bits per heavy atom. The first kappa shape index (κ1) is 21.0. The normalized spacial score (nSPS) is 11.2. The zero-order valence-electron chi connectivity index (χ0n) is 17.1. The second kappa shape index (κ2) is 9.17. The molecule has 0 bridgehead atoms. The van der Waals surface area contributed by atoms with Crippen molar-refractivity contribution in [2.24, 2.45) is 5.92 Å². The van der Waals surface area contributed by atoms with Crippen LogP contribution in [-0.2, 0) is 17.9 Å². The van der Waals surface area contributed by atoms with E-state index in [9.17, 15) is 9.59 Å². The molecule has 0 aliphatic heterocycles. The summed E-state index contributed by atoms with van der Waals surface area (Å²) >= 11 is 1.28. The van der Waals surface area contributed by atoms with Crippen molar-refractivity contribution < 1.29 is 9.53 Å². The predicted octanol–water partition coefficient (Wildman–Crippen LogP) is 3.11. The fourth-order valence-corrected chi connectivity index (χ4v) is 3.81. The molecular weight excluding hydrogens is 388 g/mol. The summed E-state index contributed by atoms with van der Waals surface area (Å²) in [6, 6.07) is 9.40. The molecule has 1 amide bonds. The fourth-order valence-electron chi connectivity index (χ4n) is 2.97. The average molecular weight is 415 g/mol. The average Bonchev–Trinajstić information content (AvgIpc) is 3.08. The van der Waals surface area contributed by atoms with Gasteiger partial charge in [0.05, 0.1) is 18.4 Å². The fraction of sp³-hybridized carbons (Fsp3) is 0.381. The van der Waals surface area contributed by atoms with E-state index in [4.69, 9.17) is 4.74 Å². The van der Waals surface area contributed by atoms with E-state index in [0.717, 1.165) is 17.0 Å². The number of fused-ring (bicyclic) bond motifs is 1. The minimum absolute atomic E-state index is 0.0991. The van der Waals surface area contributed by atoms with E-state index in [1.165, 1.54) is 11.8 Å². The molecule has 2 heterocycles. The number of ether oxygens (including phenoxy) is 1. The molecule has 29 heavy (non-hydrogen) atoms. The van der Waals surface area contributed by atoms with E-state index in [0.29, 0.717) is 29.3 Å². The van der Waals surface area contributed by atoms with E-state index in [1.54, 1.807) is 11.7 Å².